The molecule has 0 saturated heterocycles. The van der Waals surface area contributed by atoms with Crippen LogP contribution in [-0.2, 0) is 16.9 Å². The Kier molecular flexibility index (Phi) is 2.12. The van der Waals surface area contributed by atoms with Gasteiger partial charge < -0.3 is 4.57 Å². The first-order chi connectivity index (χ1) is 5.82. The number of nitro groups is 1. The highest BCUT2D eigenvalue weighted by molar-refractivity contribution is 7.90. The highest BCUT2D eigenvalue weighted by Gasteiger charge is 2.18. The van der Waals surface area contributed by atoms with Crippen molar-refractivity contribution in [3.05, 3.63) is 22.4 Å². The van der Waals surface area contributed by atoms with Crippen molar-refractivity contribution in [2.45, 2.75) is 5.03 Å². The van der Waals surface area contributed by atoms with Crippen molar-refractivity contribution in [1.82, 2.24) is 4.57 Å². The number of sulfone groups is 1. The minimum Gasteiger partial charge on any atom is -0.335 e. The second-order valence-electron chi connectivity index (χ2n) is 2.68. The summed E-state index contributed by atoms with van der Waals surface area (Å²) in [6, 6.07) is 1.04. The van der Waals surface area contributed by atoms with Crippen molar-refractivity contribution in [3.63, 3.8) is 0 Å². The van der Waals surface area contributed by atoms with E-state index in [1.54, 1.807) is 0 Å². The number of hydrogen-bond donors (Lipinski definition) is 0. The summed E-state index contributed by atoms with van der Waals surface area (Å²) in [5.41, 5.74) is -0.220. The lowest BCUT2D eigenvalue weighted by molar-refractivity contribution is -0.384. The third-order valence-corrected chi connectivity index (χ3v) is 2.70. The molecule has 0 aliphatic rings. The zero-order valence-electron chi connectivity index (χ0n) is 7.09. The van der Waals surface area contributed by atoms with E-state index in [1.807, 2.05) is 0 Å². The van der Waals surface area contributed by atoms with Crippen LogP contribution in [0.4, 0.5) is 5.69 Å². The molecule has 7 heteroatoms. The van der Waals surface area contributed by atoms with E-state index in [-0.39, 0.29) is 10.7 Å². The van der Waals surface area contributed by atoms with Gasteiger partial charge in [0.25, 0.3) is 5.69 Å². The van der Waals surface area contributed by atoms with Gasteiger partial charge in [-0.2, -0.15) is 0 Å². The predicted octanol–water partition coefficient (Wildman–Crippen LogP) is 0.337. The van der Waals surface area contributed by atoms with Crippen molar-refractivity contribution in [1.29, 1.82) is 0 Å². The minimum absolute atomic E-state index is 0.0563. The summed E-state index contributed by atoms with van der Waals surface area (Å²) in [4.78, 5) is 9.66. The van der Waals surface area contributed by atoms with Crippen LogP contribution in [0.2, 0.25) is 0 Å². The summed E-state index contributed by atoms with van der Waals surface area (Å²) in [7, 11) is -1.94. The fourth-order valence-corrected chi connectivity index (χ4v) is 1.91. The zero-order valence-corrected chi connectivity index (χ0v) is 7.91. The van der Waals surface area contributed by atoms with Crippen LogP contribution in [0.3, 0.4) is 0 Å². The molecule has 0 fully saturated rings. The van der Waals surface area contributed by atoms with Gasteiger partial charge in [-0.3, -0.25) is 10.1 Å². The molecule has 1 rings (SSSR count). The summed E-state index contributed by atoms with van der Waals surface area (Å²) in [6.45, 7) is 0. The van der Waals surface area contributed by atoms with Crippen LogP contribution in [0, 0.1) is 10.1 Å². The van der Waals surface area contributed by atoms with Crippen LogP contribution in [0.5, 0.6) is 0 Å². The fourth-order valence-electron chi connectivity index (χ4n) is 0.996. The Balaban J connectivity index is 3.35. The van der Waals surface area contributed by atoms with E-state index in [4.69, 9.17) is 0 Å². The Morgan fingerprint density at radius 2 is 2.08 bits per heavy atom. The summed E-state index contributed by atoms with van der Waals surface area (Å²) in [5, 5.41) is 10.2. The lowest BCUT2D eigenvalue weighted by Crippen LogP contribution is -2.02. The van der Waals surface area contributed by atoms with Crippen LogP contribution >= 0.6 is 0 Å². The molecule has 6 nitrogen and oxygen atoms in total. The third kappa shape index (κ3) is 1.86. The SMILES string of the molecule is Cn1cc([N+](=O)[O-])cc1S(C)(=O)=O. The van der Waals surface area contributed by atoms with E-state index in [2.05, 4.69) is 0 Å². The molecule has 0 aliphatic carbocycles. The Bertz CT molecular complexity index is 445. The van der Waals surface area contributed by atoms with Crippen LogP contribution in [0.15, 0.2) is 17.3 Å². The molecule has 0 saturated carbocycles. The first-order valence-corrected chi connectivity index (χ1v) is 5.22. The number of aryl methyl sites for hydroxylation is 1. The Hall–Kier alpha value is -1.37. The van der Waals surface area contributed by atoms with Gasteiger partial charge in [0.1, 0.15) is 5.03 Å². The van der Waals surface area contributed by atoms with Gasteiger partial charge in [0.2, 0.25) is 0 Å². The Labute approximate surface area is 74.9 Å². The summed E-state index contributed by atoms with van der Waals surface area (Å²) in [6.07, 6.45) is 2.17. The molecule has 0 atom stereocenters. The van der Waals surface area contributed by atoms with E-state index in [0.29, 0.717) is 0 Å². The molecule has 72 valence electrons. The molecular formula is C6H8N2O4S. The van der Waals surface area contributed by atoms with Gasteiger partial charge in [-0.05, 0) is 0 Å². The quantitative estimate of drug-likeness (QED) is 0.513. The number of aromatic nitrogens is 1. The molecule has 0 spiro atoms. The van der Waals surface area contributed by atoms with E-state index in [9.17, 15) is 18.5 Å². The molecule has 13 heavy (non-hydrogen) atoms. The zero-order chi connectivity index (χ0) is 10.2. The van der Waals surface area contributed by atoms with Gasteiger partial charge in [-0.15, -0.1) is 0 Å². The summed E-state index contributed by atoms with van der Waals surface area (Å²) >= 11 is 0. The summed E-state index contributed by atoms with van der Waals surface area (Å²) < 4.78 is 23.3. The summed E-state index contributed by atoms with van der Waals surface area (Å²) in [5.74, 6) is 0. The van der Waals surface area contributed by atoms with Crippen LogP contribution in [0.25, 0.3) is 0 Å². The van der Waals surface area contributed by atoms with Gasteiger partial charge in [0.15, 0.2) is 9.84 Å². The smallest absolute Gasteiger partial charge is 0.288 e. The molecule has 1 aromatic heterocycles. The number of hydrogen-bond acceptors (Lipinski definition) is 4. The lowest BCUT2D eigenvalue weighted by Gasteiger charge is -1.96. The molecule has 0 N–H and O–H groups in total. The molecule has 0 radical (unpaired) electrons. The van der Waals surface area contributed by atoms with Crippen molar-refractivity contribution in [2.75, 3.05) is 6.26 Å². The van der Waals surface area contributed by atoms with Crippen molar-refractivity contribution in [2.24, 2.45) is 7.05 Å². The maximum Gasteiger partial charge on any atom is 0.288 e. The molecule has 0 aliphatic heterocycles. The first kappa shape index (κ1) is 9.72. The van der Waals surface area contributed by atoms with E-state index in [0.717, 1.165) is 18.5 Å². The maximum absolute atomic E-state index is 11.0. The molecule has 1 heterocycles. The molecule has 0 amide bonds. The Morgan fingerprint density at radius 3 is 2.31 bits per heavy atom. The molecule has 1 aromatic rings. The Morgan fingerprint density at radius 1 is 1.54 bits per heavy atom. The van der Waals surface area contributed by atoms with Crippen molar-refractivity contribution >= 4 is 15.5 Å². The van der Waals surface area contributed by atoms with Gasteiger partial charge in [0.05, 0.1) is 17.2 Å². The average Bonchev–Trinajstić information content (AvgIpc) is 2.29. The predicted molar refractivity (Wildman–Crippen MR) is 45.2 cm³/mol. The van der Waals surface area contributed by atoms with E-state index >= 15 is 0 Å². The highest BCUT2D eigenvalue weighted by Crippen LogP contribution is 2.18. The molecule has 0 unspecified atom stereocenters. The largest absolute Gasteiger partial charge is 0.335 e. The van der Waals surface area contributed by atoms with Gasteiger partial charge in [0, 0.05) is 13.3 Å². The monoisotopic (exact) mass is 204 g/mol. The number of rotatable bonds is 2. The molecule has 0 bridgehead atoms. The van der Waals surface area contributed by atoms with Crippen molar-refractivity contribution in [3.8, 4) is 0 Å². The molecular weight excluding hydrogens is 196 g/mol. The standard InChI is InChI=1S/C6H8N2O4S/c1-7-4-5(8(9)10)3-6(7)13(2,11)12/h3-4H,1-2H3. The molecule has 0 aromatic carbocycles. The minimum atomic E-state index is -3.39. The van der Waals surface area contributed by atoms with Crippen LogP contribution in [0.1, 0.15) is 0 Å². The van der Waals surface area contributed by atoms with E-state index in [1.165, 1.54) is 11.6 Å². The highest BCUT2D eigenvalue weighted by atomic mass is 32.2. The lowest BCUT2D eigenvalue weighted by atomic mass is 10.6. The fraction of sp³-hybridized carbons (Fsp3) is 0.333. The normalized spacial score (nSPS) is 11.5. The topological polar surface area (TPSA) is 82.2 Å². The first-order valence-electron chi connectivity index (χ1n) is 3.33. The van der Waals surface area contributed by atoms with Crippen LogP contribution in [-0.4, -0.2) is 24.2 Å². The van der Waals surface area contributed by atoms with Gasteiger partial charge in [-0.1, -0.05) is 0 Å². The van der Waals surface area contributed by atoms with Gasteiger partial charge >= 0.3 is 0 Å². The van der Waals surface area contributed by atoms with Crippen molar-refractivity contribution < 1.29 is 13.3 Å². The second kappa shape index (κ2) is 2.84. The van der Waals surface area contributed by atoms with E-state index < -0.39 is 14.8 Å². The maximum atomic E-state index is 11.0. The van der Waals surface area contributed by atoms with Crippen LogP contribution < -0.4 is 0 Å². The average molecular weight is 204 g/mol. The van der Waals surface area contributed by atoms with Gasteiger partial charge in [-0.25, -0.2) is 8.42 Å². The second-order valence-corrected chi connectivity index (χ2v) is 4.64. The third-order valence-electron chi connectivity index (χ3n) is 1.54. The number of nitrogens with zero attached hydrogens (tertiary/aromatic N) is 2.